The van der Waals surface area contributed by atoms with E-state index in [1.807, 2.05) is 18.2 Å². The number of aromatic nitrogens is 1. The lowest BCUT2D eigenvalue weighted by Crippen LogP contribution is -2.46. The van der Waals surface area contributed by atoms with Crippen molar-refractivity contribution in [2.75, 3.05) is 42.2 Å². The Kier molecular flexibility index (Phi) is 5.00. The number of benzene rings is 2. The smallest absolute Gasteiger partial charge is 0.186 e. The van der Waals surface area contributed by atoms with E-state index in [2.05, 4.69) is 34.3 Å². The molecule has 1 aliphatic heterocycles. The minimum atomic E-state index is 0.600. The molecular formula is C18H17Cl2N3S2. The minimum Gasteiger partial charge on any atom is -0.368 e. The lowest BCUT2D eigenvalue weighted by atomic mass is 10.2. The maximum absolute atomic E-state index is 6.15. The molecule has 0 saturated carbocycles. The molecule has 0 N–H and O–H groups in total. The van der Waals surface area contributed by atoms with Crippen LogP contribution in [0.15, 0.2) is 41.3 Å². The summed E-state index contributed by atoms with van der Waals surface area (Å²) in [7, 11) is 0. The number of piperazine rings is 1. The lowest BCUT2D eigenvalue weighted by Gasteiger charge is -2.36. The van der Waals surface area contributed by atoms with Gasteiger partial charge in [-0.15, -0.1) is 11.8 Å². The van der Waals surface area contributed by atoms with Gasteiger partial charge < -0.3 is 9.80 Å². The molecule has 3 aromatic rings. The summed E-state index contributed by atoms with van der Waals surface area (Å²) in [6.07, 6.45) is 2.10. The first-order chi connectivity index (χ1) is 12.1. The van der Waals surface area contributed by atoms with Gasteiger partial charge in [-0.05, 0) is 42.7 Å². The molecule has 2 aromatic carbocycles. The first-order valence-corrected chi connectivity index (χ1v) is 10.8. The monoisotopic (exact) mass is 409 g/mol. The summed E-state index contributed by atoms with van der Waals surface area (Å²) in [5.41, 5.74) is 2.22. The molecule has 1 saturated heterocycles. The molecule has 0 radical (unpaired) electrons. The predicted molar refractivity (Wildman–Crippen MR) is 112 cm³/mol. The molecule has 7 heteroatoms. The summed E-state index contributed by atoms with van der Waals surface area (Å²) in [5, 5.41) is 2.32. The van der Waals surface area contributed by atoms with Crippen molar-refractivity contribution in [3.05, 3.63) is 46.4 Å². The van der Waals surface area contributed by atoms with Gasteiger partial charge >= 0.3 is 0 Å². The summed E-state index contributed by atoms with van der Waals surface area (Å²) in [4.78, 5) is 10.8. The zero-order valence-electron chi connectivity index (χ0n) is 13.7. The Morgan fingerprint density at radius 3 is 2.44 bits per heavy atom. The van der Waals surface area contributed by atoms with E-state index in [4.69, 9.17) is 28.2 Å². The number of nitrogens with zero attached hydrogens (tertiary/aromatic N) is 3. The van der Waals surface area contributed by atoms with Gasteiger partial charge in [0.1, 0.15) is 0 Å². The Hall–Kier alpha value is -1.14. The number of hydrogen-bond acceptors (Lipinski definition) is 5. The molecule has 2 heterocycles. The van der Waals surface area contributed by atoms with E-state index >= 15 is 0 Å². The summed E-state index contributed by atoms with van der Waals surface area (Å²) in [6, 6.07) is 12.3. The second-order valence-electron chi connectivity index (χ2n) is 5.90. The van der Waals surface area contributed by atoms with E-state index in [1.165, 1.54) is 9.60 Å². The largest absolute Gasteiger partial charge is 0.368 e. The molecule has 25 heavy (non-hydrogen) atoms. The highest BCUT2D eigenvalue weighted by atomic mass is 35.5. The summed E-state index contributed by atoms with van der Waals surface area (Å²) >= 11 is 15.7. The van der Waals surface area contributed by atoms with Crippen molar-refractivity contribution in [1.82, 2.24) is 4.98 Å². The number of thioether (sulfide) groups is 1. The summed E-state index contributed by atoms with van der Waals surface area (Å²) in [6.45, 7) is 3.80. The highest BCUT2D eigenvalue weighted by Crippen LogP contribution is 2.33. The van der Waals surface area contributed by atoms with E-state index in [0.29, 0.717) is 10.0 Å². The van der Waals surface area contributed by atoms with Crippen LogP contribution in [0.2, 0.25) is 10.0 Å². The van der Waals surface area contributed by atoms with Gasteiger partial charge in [-0.25, -0.2) is 4.98 Å². The first kappa shape index (κ1) is 17.3. The number of anilines is 2. The van der Waals surface area contributed by atoms with E-state index in [0.717, 1.165) is 42.5 Å². The molecule has 0 atom stereocenters. The maximum atomic E-state index is 6.15. The van der Waals surface area contributed by atoms with Crippen LogP contribution in [0.4, 0.5) is 10.8 Å². The van der Waals surface area contributed by atoms with Crippen molar-refractivity contribution >= 4 is 67.3 Å². The van der Waals surface area contributed by atoms with Crippen LogP contribution in [0.3, 0.4) is 0 Å². The SMILES string of the molecule is CSc1ccc2nc(N3CCN(c4ccc(Cl)c(Cl)c4)CC3)sc2c1. The topological polar surface area (TPSA) is 19.4 Å². The Bertz CT molecular complexity index is 904. The second-order valence-corrected chi connectivity index (χ2v) is 8.61. The van der Waals surface area contributed by atoms with Crippen molar-refractivity contribution in [3.8, 4) is 0 Å². The zero-order valence-corrected chi connectivity index (χ0v) is 16.9. The molecule has 1 aliphatic rings. The van der Waals surface area contributed by atoms with Crippen LogP contribution >= 0.6 is 46.3 Å². The molecular weight excluding hydrogens is 393 g/mol. The fourth-order valence-electron chi connectivity index (χ4n) is 2.99. The van der Waals surface area contributed by atoms with Gasteiger partial charge in [-0.2, -0.15) is 0 Å². The molecule has 1 fully saturated rings. The minimum absolute atomic E-state index is 0.600. The predicted octanol–water partition coefficient (Wildman–Crippen LogP) is 5.65. The van der Waals surface area contributed by atoms with E-state index < -0.39 is 0 Å². The number of rotatable bonds is 3. The van der Waals surface area contributed by atoms with Gasteiger partial charge in [-0.3, -0.25) is 0 Å². The molecule has 3 nitrogen and oxygen atoms in total. The number of thiazole rings is 1. The Morgan fingerprint density at radius 2 is 1.72 bits per heavy atom. The van der Waals surface area contributed by atoms with E-state index in [1.54, 1.807) is 23.1 Å². The molecule has 0 aliphatic carbocycles. The van der Waals surface area contributed by atoms with Gasteiger partial charge in [0, 0.05) is 36.8 Å². The molecule has 0 spiro atoms. The van der Waals surface area contributed by atoms with Gasteiger partial charge in [0.05, 0.1) is 20.3 Å². The third-order valence-electron chi connectivity index (χ3n) is 4.40. The molecule has 130 valence electrons. The Labute approximate surface area is 165 Å². The van der Waals surface area contributed by atoms with E-state index in [-0.39, 0.29) is 0 Å². The molecule has 0 amide bonds. The van der Waals surface area contributed by atoms with Crippen LogP contribution in [-0.2, 0) is 0 Å². The highest BCUT2D eigenvalue weighted by molar-refractivity contribution is 7.98. The number of hydrogen-bond donors (Lipinski definition) is 0. The second kappa shape index (κ2) is 7.23. The quantitative estimate of drug-likeness (QED) is 0.520. The first-order valence-electron chi connectivity index (χ1n) is 8.03. The fraction of sp³-hybridized carbons (Fsp3) is 0.278. The molecule has 0 unspecified atom stereocenters. The third-order valence-corrected chi connectivity index (χ3v) is 6.95. The number of fused-ring (bicyclic) bond motifs is 1. The van der Waals surface area contributed by atoms with Gasteiger partial charge in [0.15, 0.2) is 5.13 Å². The summed E-state index contributed by atoms with van der Waals surface area (Å²) in [5.74, 6) is 0. The molecule has 1 aromatic heterocycles. The van der Waals surface area contributed by atoms with Crippen LogP contribution in [0.1, 0.15) is 0 Å². The maximum Gasteiger partial charge on any atom is 0.186 e. The van der Waals surface area contributed by atoms with Gasteiger partial charge in [-0.1, -0.05) is 34.5 Å². The van der Waals surface area contributed by atoms with Crippen LogP contribution in [0.5, 0.6) is 0 Å². The highest BCUT2D eigenvalue weighted by Gasteiger charge is 2.20. The molecule has 4 rings (SSSR count). The van der Waals surface area contributed by atoms with E-state index in [9.17, 15) is 0 Å². The van der Waals surface area contributed by atoms with Crippen molar-refractivity contribution in [2.24, 2.45) is 0 Å². The van der Waals surface area contributed by atoms with Crippen molar-refractivity contribution < 1.29 is 0 Å². The average Bonchev–Trinajstić information content (AvgIpc) is 3.07. The van der Waals surface area contributed by atoms with Crippen molar-refractivity contribution in [1.29, 1.82) is 0 Å². The van der Waals surface area contributed by atoms with Crippen molar-refractivity contribution in [3.63, 3.8) is 0 Å². The number of halogens is 2. The van der Waals surface area contributed by atoms with Gasteiger partial charge in [0.25, 0.3) is 0 Å². The van der Waals surface area contributed by atoms with Crippen LogP contribution in [-0.4, -0.2) is 37.4 Å². The van der Waals surface area contributed by atoms with Crippen LogP contribution < -0.4 is 9.80 Å². The Morgan fingerprint density at radius 1 is 0.960 bits per heavy atom. The standard InChI is InChI=1S/C18H17Cl2N3S2/c1-24-13-3-5-16-17(11-13)25-18(21-16)23-8-6-22(7-9-23)12-2-4-14(19)15(20)10-12/h2-5,10-11H,6-9H2,1H3. The Balaban J connectivity index is 1.48. The fourth-order valence-corrected chi connectivity index (χ4v) is 4.86. The average molecular weight is 410 g/mol. The van der Waals surface area contributed by atoms with Gasteiger partial charge in [0.2, 0.25) is 0 Å². The van der Waals surface area contributed by atoms with Crippen molar-refractivity contribution in [2.45, 2.75) is 4.90 Å². The van der Waals surface area contributed by atoms with Crippen LogP contribution in [0, 0.1) is 0 Å². The molecule has 0 bridgehead atoms. The lowest BCUT2D eigenvalue weighted by molar-refractivity contribution is 0.652. The summed E-state index contributed by atoms with van der Waals surface area (Å²) < 4.78 is 1.26. The third kappa shape index (κ3) is 3.56. The normalized spacial score (nSPS) is 15.2. The van der Waals surface area contributed by atoms with Crippen LogP contribution in [0.25, 0.3) is 10.2 Å². The zero-order chi connectivity index (χ0) is 17.4.